The smallest absolute Gasteiger partial charge is 0.322 e. The van der Waals surface area contributed by atoms with Crippen molar-refractivity contribution in [3.63, 3.8) is 0 Å². The predicted molar refractivity (Wildman–Crippen MR) is 131 cm³/mol. The fourth-order valence-corrected chi connectivity index (χ4v) is 3.88. The van der Waals surface area contributed by atoms with Gasteiger partial charge in [0.05, 0.1) is 35.1 Å². The van der Waals surface area contributed by atoms with Gasteiger partial charge in [-0.25, -0.2) is 4.79 Å². The Labute approximate surface area is 202 Å². The number of halogens is 2. The average molecular weight is 484 g/mol. The van der Waals surface area contributed by atoms with Gasteiger partial charge in [0.2, 0.25) is 0 Å². The summed E-state index contributed by atoms with van der Waals surface area (Å²) in [6.07, 6.45) is 0.257. The average Bonchev–Trinajstić information content (AvgIpc) is 3.30. The summed E-state index contributed by atoms with van der Waals surface area (Å²) in [6, 6.07) is 22.2. The van der Waals surface area contributed by atoms with Gasteiger partial charge in [0.1, 0.15) is 5.75 Å². The summed E-state index contributed by atoms with van der Waals surface area (Å²) in [5.74, 6) is 0.591. The lowest BCUT2D eigenvalue weighted by molar-refractivity contribution is 0.0608. The van der Waals surface area contributed by atoms with Crippen LogP contribution < -0.4 is 10.1 Å². The molecular formula is C25H23Cl2N3O3. The molecule has 1 aliphatic heterocycles. The highest BCUT2D eigenvalue weighted by atomic mass is 35.5. The van der Waals surface area contributed by atoms with E-state index in [4.69, 9.17) is 32.8 Å². The van der Waals surface area contributed by atoms with Crippen LogP contribution in [-0.2, 0) is 11.4 Å². The first-order valence-electron chi connectivity index (χ1n) is 10.4. The zero-order chi connectivity index (χ0) is 23.2. The predicted octanol–water partition coefficient (Wildman–Crippen LogP) is 6.23. The number of nitrogens with one attached hydrogen (secondary N) is 1. The van der Waals surface area contributed by atoms with E-state index in [0.717, 1.165) is 16.8 Å². The number of carbonyl (C=O) groups excluding carboxylic acids is 1. The van der Waals surface area contributed by atoms with Crippen LogP contribution in [0.15, 0.2) is 78.0 Å². The van der Waals surface area contributed by atoms with Crippen molar-refractivity contribution in [2.24, 2.45) is 5.16 Å². The van der Waals surface area contributed by atoms with Gasteiger partial charge in [0.25, 0.3) is 0 Å². The van der Waals surface area contributed by atoms with E-state index < -0.39 is 0 Å². The molecule has 0 unspecified atom stereocenters. The lowest BCUT2D eigenvalue weighted by Gasteiger charge is -2.25. The molecule has 8 heteroatoms. The number of carbonyl (C=O) groups is 1. The highest BCUT2D eigenvalue weighted by molar-refractivity contribution is 6.42. The second-order valence-electron chi connectivity index (χ2n) is 7.59. The van der Waals surface area contributed by atoms with Crippen LogP contribution >= 0.6 is 23.2 Å². The molecule has 0 fully saturated rings. The van der Waals surface area contributed by atoms with Crippen molar-refractivity contribution < 1.29 is 14.4 Å². The fraction of sp³-hybridized carbons (Fsp3) is 0.200. The molecule has 3 aromatic carbocycles. The van der Waals surface area contributed by atoms with Crippen molar-refractivity contribution >= 4 is 40.6 Å². The molecule has 6 nitrogen and oxygen atoms in total. The number of urea groups is 1. The van der Waals surface area contributed by atoms with Crippen molar-refractivity contribution in [2.45, 2.75) is 19.1 Å². The van der Waals surface area contributed by atoms with E-state index in [0.29, 0.717) is 41.0 Å². The molecule has 4 rings (SSSR count). The van der Waals surface area contributed by atoms with Gasteiger partial charge < -0.3 is 19.8 Å². The number of hydrogen-bond acceptors (Lipinski definition) is 4. The Morgan fingerprint density at radius 1 is 1.09 bits per heavy atom. The first-order valence-corrected chi connectivity index (χ1v) is 11.2. The van der Waals surface area contributed by atoms with Gasteiger partial charge in [-0.1, -0.05) is 76.9 Å². The molecule has 0 saturated heterocycles. The summed E-state index contributed by atoms with van der Waals surface area (Å²) in [5, 5.41) is 8.12. The van der Waals surface area contributed by atoms with Gasteiger partial charge in [0.15, 0.2) is 6.10 Å². The van der Waals surface area contributed by atoms with Crippen molar-refractivity contribution in [2.75, 3.05) is 19.0 Å². The monoisotopic (exact) mass is 483 g/mol. The molecule has 0 aromatic heterocycles. The number of amides is 2. The van der Waals surface area contributed by atoms with Crippen LogP contribution in [0, 0.1) is 0 Å². The second kappa shape index (κ2) is 10.6. The minimum absolute atomic E-state index is 0.255. The Bertz CT molecular complexity index is 1150. The summed E-state index contributed by atoms with van der Waals surface area (Å²) < 4.78 is 5.36. The van der Waals surface area contributed by atoms with E-state index in [2.05, 4.69) is 10.5 Å². The number of benzene rings is 3. The van der Waals surface area contributed by atoms with E-state index >= 15 is 0 Å². The first kappa shape index (κ1) is 23.0. The number of hydrogen-bond donors (Lipinski definition) is 1. The molecular weight excluding hydrogens is 461 g/mol. The minimum Gasteiger partial charge on any atom is -0.495 e. The van der Waals surface area contributed by atoms with Crippen LogP contribution in [0.1, 0.15) is 17.5 Å². The van der Waals surface area contributed by atoms with Crippen LogP contribution in [0.5, 0.6) is 5.75 Å². The van der Waals surface area contributed by atoms with E-state index in [1.807, 2.05) is 48.5 Å². The normalized spacial score (nSPS) is 14.9. The minimum atomic E-state index is -0.290. The molecule has 1 N–H and O–H groups in total. The Hall–Kier alpha value is -3.22. The van der Waals surface area contributed by atoms with Crippen LogP contribution in [0.25, 0.3) is 0 Å². The zero-order valence-corrected chi connectivity index (χ0v) is 19.5. The lowest BCUT2D eigenvalue weighted by atomic mass is 10.0. The Kier molecular flexibility index (Phi) is 7.37. The first-order chi connectivity index (χ1) is 16.0. The summed E-state index contributed by atoms with van der Waals surface area (Å²) in [4.78, 5) is 20.6. The van der Waals surface area contributed by atoms with Gasteiger partial charge in [0, 0.05) is 18.5 Å². The standard InChI is InChI=1S/C25H23Cl2N3O3/c1-32-24-10-6-5-9-22(24)28-25(31)30(15-17-7-3-2-4-8-17)16-19-14-23(29-33-19)18-11-12-20(26)21(27)13-18/h2-13,19H,14-16H2,1H3,(H,28,31)/t19-/m1/s1. The van der Waals surface area contributed by atoms with Crippen molar-refractivity contribution in [1.29, 1.82) is 0 Å². The van der Waals surface area contributed by atoms with Crippen molar-refractivity contribution in [3.05, 3.63) is 94.0 Å². The van der Waals surface area contributed by atoms with Crippen LogP contribution in [0.4, 0.5) is 10.5 Å². The van der Waals surface area contributed by atoms with Crippen molar-refractivity contribution in [1.82, 2.24) is 4.90 Å². The molecule has 33 heavy (non-hydrogen) atoms. The molecule has 1 aliphatic rings. The van der Waals surface area contributed by atoms with Gasteiger partial charge in [-0.05, 0) is 29.8 Å². The molecule has 0 bridgehead atoms. The largest absolute Gasteiger partial charge is 0.495 e. The molecule has 2 amide bonds. The van der Waals surface area contributed by atoms with Gasteiger partial charge in [-0.2, -0.15) is 0 Å². The van der Waals surface area contributed by atoms with E-state index in [-0.39, 0.29) is 12.1 Å². The maximum absolute atomic E-state index is 13.2. The Morgan fingerprint density at radius 3 is 2.61 bits per heavy atom. The number of rotatable bonds is 7. The summed E-state index contributed by atoms with van der Waals surface area (Å²) >= 11 is 12.2. The van der Waals surface area contributed by atoms with Crippen LogP contribution in [0.3, 0.4) is 0 Å². The van der Waals surface area contributed by atoms with Gasteiger partial charge >= 0.3 is 6.03 Å². The Balaban J connectivity index is 1.48. The van der Waals surface area contributed by atoms with Crippen molar-refractivity contribution in [3.8, 4) is 5.75 Å². The Morgan fingerprint density at radius 2 is 1.85 bits per heavy atom. The molecule has 0 spiro atoms. The molecule has 0 saturated carbocycles. The third-order valence-electron chi connectivity index (χ3n) is 5.26. The summed E-state index contributed by atoms with van der Waals surface area (Å²) in [6.45, 7) is 0.772. The number of anilines is 1. The molecule has 0 aliphatic carbocycles. The molecule has 3 aromatic rings. The van der Waals surface area contributed by atoms with Crippen LogP contribution in [0.2, 0.25) is 10.0 Å². The SMILES string of the molecule is COc1ccccc1NC(=O)N(Cc1ccccc1)C[C@H]1CC(c2ccc(Cl)c(Cl)c2)=NO1. The third kappa shape index (κ3) is 5.78. The maximum Gasteiger partial charge on any atom is 0.322 e. The quantitative estimate of drug-likeness (QED) is 0.433. The van der Waals surface area contributed by atoms with E-state index in [9.17, 15) is 4.79 Å². The summed E-state index contributed by atoms with van der Waals surface area (Å²) in [7, 11) is 1.57. The lowest BCUT2D eigenvalue weighted by Crippen LogP contribution is -2.40. The van der Waals surface area contributed by atoms with E-state index in [1.165, 1.54) is 0 Å². The number of para-hydroxylation sites is 2. The fourth-order valence-electron chi connectivity index (χ4n) is 3.58. The van der Waals surface area contributed by atoms with E-state index in [1.54, 1.807) is 36.3 Å². The number of ether oxygens (including phenoxy) is 1. The second-order valence-corrected chi connectivity index (χ2v) is 8.41. The topological polar surface area (TPSA) is 63.2 Å². The zero-order valence-electron chi connectivity index (χ0n) is 18.0. The molecule has 1 atom stereocenters. The third-order valence-corrected chi connectivity index (χ3v) is 6.00. The van der Waals surface area contributed by atoms with Gasteiger partial charge in [-0.3, -0.25) is 0 Å². The highest BCUT2D eigenvalue weighted by Crippen LogP contribution is 2.27. The molecule has 170 valence electrons. The summed E-state index contributed by atoms with van der Waals surface area (Å²) in [5.41, 5.74) is 3.22. The number of oxime groups is 1. The molecule has 1 heterocycles. The number of methoxy groups -OCH3 is 1. The molecule has 0 radical (unpaired) electrons. The highest BCUT2D eigenvalue weighted by Gasteiger charge is 2.27. The van der Waals surface area contributed by atoms with Crippen LogP contribution in [-0.4, -0.2) is 36.4 Å². The maximum atomic E-state index is 13.2. The number of nitrogens with zero attached hydrogens (tertiary/aromatic N) is 2. The van der Waals surface area contributed by atoms with Gasteiger partial charge in [-0.15, -0.1) is 0 Å².